The molecule has 4 nitrogen and oxygen atoms in total. The van der Waals surface area contributed by atoms with E-state index in [-0.39, 0.29) is 11.7 Å². The summed E-state index contributed by atoms with van der Waals surface area (Å²) >= 11 is 13.5. The second-order valence-corrected chi connectivity index (χ2v) is 7.57. The Morgan fingerprint density at radius 2 is 1.36 bits per heavy atom. The first-order valence-electron chi connectivity index (χ1n) is 7.48. The van der Waals surface area contributed by atoms with Crippen molar-refractivity contribution in [2.24, 2.45) is 0 Å². The molecule has 0 aromatic heterocycles. The average molecular weight is 383 g/mol. The van der Waals surface area contributed by atoms with Crippen molar-refractivity contribution < 1.29 is 9.53 Å². The van der Waals surface area contributed by atoms with Crippen LogP contribution in [0.5, 0.6) is 0 Å². The van der Waals surface area contributed by atoms with Crippen molar-refractivity contribution in [1.82, 2.24) is 9.80 Å². The minimum atomic E-state index is -0.228. The molecule has 0 amide bonds. The van der Waals surface area contributed by atoms with Crippen molar-refractivity contribution in [3.8, 4) is 0 Å². The third-order valence-electron chi connectivity index (χ3n) is 2.93. The van der Waals surface area contributed by atoms with Gasteiger partial charge in [-0.3, -0.25) is 4.79 Å². The summed E-state index contributed by atoms with van der Waals surface area (Å²) in [4.78, 5) is 15.8. The van der Waals surface area contributed by atoms with Gasteiger partial charge in [0.15, 0.2) is 0 Å². The summed E-state index contributed by atoms with van der Waals surface area (Å²) in [6.45, 7) is 12.1. The number of carbonyl (C=O) groups is 1. The fraction of sp³-hybridized carbons (Fsp3) is 0.786. The lowest BCUT2D eigenvalue weighted by molar-refractivity contribution is -0.139. The minimum absolute atomic E-state index is 0.228. The molecule has 0 radical (unpaired) electrons. The Labute approximate surface area is 153 Å². The third kappa shape index (κ3) is 9.17. The molecule has 22 heavy (non-hydrogen) atoms. The summed E-state index contributed by atoms with van der Waals surface area (Å²) in [6.07, 6.45) is 0. The number of nitrogens with zero attached hydrogens (tertiary/aromatic N) is 2. The number of thiocarbonyl (C=S) groups is 2. The molecule has 0 aliphatic heterocycles. The molecule has 0 saturated carbocycles. The van der Waals surface area contributed by atoms with Gasteiger partial charge in [-0.2, -0.15) is 0 Å². The van der Waals surface area contributed by atoms with Crippen LogP contribution in [0.1, 0.15) is 27.7 Å². The lowest BCUT2D eigenvalue weighted by Crippen LogP contribution is -2.28. The maximum absolute atomic E-state index is 11.7. The fourth-order valence-electron chi connectivity index (χ4n) is 1.59. The Balaban J connectivity index is 3.83. The molecule has 0 heterocycles. The van der Waals surface area contributed by atoms with Gasteiger partial charge in [0.1, 0.15) is 15.2 Å². The van der Waals surface area contributed by atoms with E-state index in [1.807, 2.05) is 18.7 Å². The van der Waals surface area contributed by atoms with Gasteiger partial charge in [0.2, 0.25) is 0 Å². The quantitative estimate of drug-likeness (QED) is 0.341. The predicted octanol–water partition coefficient (Wildman–Crippen LogP) is 3.25. The van der Waals surface area contributed by atoms with Crippen LogP contribution in [0.3, 0.4) is 0 Å². The molecule has 128 valence electrons. The van der Waals surface area contributed by atoms with Gasteiger partial charge in [-0.05, 0) is 27.7 Å². The number of carbonyl (C=O) groups excluding carboxylic acids is 1. The third-order valence-corrected chi connectivity index (χ3v) is 5.91. The molecular weight excluding hydrogens is 356 g/mol. The largest absolute Gasteiger partial charge is 0.464 e. The van der Waals surface area contributed by atoms with E-state index in [9.17, 15) is 4.79 Å². The van der Waals surface area contributed by atoms with Crippen molar-refractivity contribution in [3.05, 3.63) is 0 Å². The van der Waals surface area contributed by atoms with Gasteiger partial charge in [-0.25, -0.2) is 0 Å². The first-order valence-corrected chi connectivity index (χ1v) is 10.3. The topological polar surface area (TPSA) is 32.8 Å². The smallest absolute Gasteiger partial charge is 0.316 e. The maximum atomic E-state index is 11.7. The van der Waals surface area contributed by atoms with E-state index in [4.69, 9.17) is 29.2 Å². The molecule has 0 aromatic rings. The van der Waals surface area contributed by atoms with Crippen LogP contribution in [0.15, 0.2) is 0 Å². The van der Waals surface area contributed by atoms with Gasteiger partial charge < -0.3 is 14.5 Å². The molecule has 0 saturated heterocycles. The van der Waals surface area contributed by atoms with Crippen LogP contribution in [0.4, 0.5) is 0 Å². The monoisotopic (exact) mass is 382 g/mol. The Bertz CT molecular complexity index is 359. The molecule has 0 aliphatic rings. The van der Waals surface area contributed by atoms with Crippen LogP contribution in [0.25, 0.3) is 0 Å². The van der Waals surface area contributed by atoms with Crippen LogP contribution < -0.4 is 0 Å². The van der Waals surface area contributed by atoms with E-state index in [1.54, 1.807) is 11.8 Å². The van der Waals surface area contributed by atoms with Crippen LogP contribution in [0.2, 0.25) is 0 Å². The molecule has 0 rings (SSSR count). The lowest BCUT2D eigenvalue weighted by Gasteiger charge is -2.21. The molecule has 0 unspecified atom stereocenters. The van der Waals surface area contributed by atoms with Gasteiger partial charge in [0.05, 0.1) is 5.75 Å². The second kappa shape index (κ2) is 13.4. The van der Waals surface area contributed by atoms with Crippen LogP contribution >= 0.6 is 48.0 Å². The van der Waals surface area contributed by atoms with Crippen molar-refractivity contribution in [3.63, 3.8) is 0 Å². The van der Waals surface area contributed by atoms with E-state index in [0.717, 1.165) is 34.8 Å². The van der Waals surface area contributed by atoms with Gasteiger partial charge in [-0.15, -0.1) is 0 Å². The highest BCUT2D eigenvalue weighted by Gasteiger charge is 2.11. The predicted molar refractivity (Wildman–Crippen MR) is 107 cm³/mol. The average Bonchev–Trinajstić information content (AvgIpc) is 2.52. The summed E-state index contributed by atoms with van der Waals surface area (Å²) in [5, 5.41) is 0. The van der Waals surface area contributed by atoms with E-state index in [1.165, 1.54) is 11.8 Å². The van der Waals surface area contributed by atoms with Crippen molar-refractivity contribution in [2.45, 2.75) is 27.7 Å². The molecule has 0 fully saturated rings. The highest BCUT2D eigenvalue weighted by molar-refractivity contribution is 8.23. The maximum Gasteiger partial charge on any atom is 0.316 e. The van der Waals surface area contributed by atoms with Crippen molar-refractivity contribution in [2.75, 3.05) is 44.3 Å². The highest BCUT2D eigenvalue weighted by Crippen LogP contribution is 2.11. The van der Waals surface area contributed by atoms with Gasteiger partial charge in [0, 0.05) is 31.9 Å². The number of rotatable bonds is 9. The molecular formula is C14H26N2O2S4. The van der Waals surface area contributed by atoms with E-state index in [0.29, 0.717) is 12.4 Å². The first-order chi connectivity index (χ1) is 10.5. The van der Waals surface area contributed by atoms with Gasteiger partial charge in [0.25, 0.3) is 0 Å². The molecule has 0 bridgehead atoms. The van der Waals surface area contributed by atoms with Crippen LogP contribution in [-0.2, 0) is 9.53 Å². The number of thioether (sulfide) groups is 2. The zero-order valence-electron chi connectivity index (χ0n) is 13.8. The molecule has 0 spiro atoms. The lowest BCUT2D eigenvalue weighted by atomic mass is 10.6. The molecule has 0 N–H and O–H groups in total. The SMILES string of the molecule is CCN(CC)C(=S)SCCOC(=O)CSC(=S)N(CC)CC. The van der Waals surface area contributed by atoms with E-state index in [2.05, 4.69) is 18.7 Å². The van der Waals surface area contributed by atoms with E-state index >= 15 is 0 Å². The number of esters is 1. The number of ether oxygens (including phenoxy) is 1. The van der Waals surface area contributed by atoms with Crippen molar-refractivity contribution in [1.29, 1.82) is 0 Å². The standard InChI is InChI=1S/C14H26N2O2S4/c1-5-15(6-2)13(19)21-10-9-18-12(17)11-22-14(20)16(7-3)8-4/h5-11H2,1-4H3. The molecule has 0 aromatic carbocycles. The Morgan fingerprint density at radius 3 is 1.82 bits per heavy atom. The van der Waals surface area contributed by atoms with Crippen LogP contribution in [0, 0.1) is 0 Å². The van der Waals surface area contributed by atoms with Crippen LogP contribution in [-0.4, -0.2) is 68.7 Å². The fourth-order valence-corrected chi connectivity index (χ4v) is 4.08. The zero-order valence-corrected chi connectivity index (χ0v) is 17.1. The Kier molecular flexibility index (Phi) is 13.4. The summed E-state index contributed by atoms with van der Waals surface area (Å²) in [6, 6.07) is 0. The highest BCUT2D eigenvalue weighted by atomic mass is 32.2. The van der Waals surface area contributed by atoms with Gasteiger partial charge >= 0.3 is 5.97 Å². The van der Waals surface area contributed by atoms with E-state index < -0.39 is 0 Å². The zero-order chi connectivity index (χ0) is 17.0. The molecule has 8 heteroatoms. The summed E-state index contributed by atoms with van der Waals surface area (Å²) < 4.78 is 6.81. The van der Waals surface area contributed by atoms with Gasteiger partial charge in [-0.1, -0.05) is 48.0 Å². The summed E-state index contributed by atoms with van der Waals surface area (Å²) in [7, 11) is 0. The first kappa shape index (κ1) is 21.9. The minimum Gasteiger partial charge on any atom is -0.464 e. The Morgan fingerprint density at radius 1 is 0.909 bits per heavy atom. The molecule has 0 aliphatic carbocycles. The number of hydrogen-bond donors (Lipinski definition) is 0. The second-order valence-electron chi connectivity index (χ2n) is 4.23. The van der Waals surface area contributed by atoms with Crippen molar-refractivity contribution >= 4 is 62.6 Å². The normalized spacial score (nSPS) is 10.2. The summed E-state index contributed by atoms with van der Waals surface area (Å²) in [5.74, 6) is 0.723. The molecule has 0 atom stereocenters. The Hall–Kier alpha value is -0.0500. The summed E-state index contributed by atoms with van der Waals surface area (Å²) in [5.41, 5.74) is 0. The number of hydrogen-bond acceptors (Lipinski definition) is 6.